The summed E-state index contributed by atoms with van der Waals surface area (Å²) in [5, 5.41) is 3.45. The van der Waals surface area contributed by atoms with Crippen molar-refractivity contribution in [2.24, 2.45) is 10.9 Å². The summed E-state index contributed by atoms with van der Waals surface area (Å²) < 4.78 is 10.3. The Hall–Kier alpha value is -1.39. The molecule has 7 nitrogen and oxygen atoms in total. The number of carbonyl (C=O) groups is 1. The summed E-state index contributed by atoms with van der Waals surface area (Å²) in [5.41, 5.74) is 2.57. The zero-order valence-electron chi connectivity index (χ0n) is 17.4. The first-order valence-electron chi connectivity index (χ1n) is 10.1. The lowest BCUT2D eigenvalue weighted by molar-refractivity contribution is -0.146. The van der Waals surface area contributed by atoms with Crippen molar-refractivity contribution < 1.29 is 14.3 Å². The molecule has 2 heterocycles. The van der Waals surface area contributed by atoms with Crippen LogP contribution in [-0.2, 0) is 27.4 Å². The number of methoxy groups -OCH3 is 1. The van der Waals surface area contributed by atoms with Gasteiger partial charge in [0.1, 0.15) is 0 Å². The molecule has 2 fully saturated rings. The number of morpholine rings is 1. The van der Waals surface area contributed by atoms with Gasteiger partial charge in [-0.05, 0) is 24.0 Å². The number of likely N-dealkylation sites (tertiary alicyclic amines) is 1. The number of carbonyl (C=O) groups excluding carboxylic acids is 1. The van der Waals surface area contributed by atoms with Crippen molar-refractivity contribution in [1.29, 1.82) is 0 Å². The highest BCUT2D eigenvalue weighted by atomic mass is 127. The lowest BCUT2D eigenvalue weighted by Gasteiger charge is -2.33. The number of esters is 1. The molecule has 29 heavy (non-hydrogen) atoms. The summed E-state index contributed by atoms with van der Waals surface area (Å²) in [7, 11) is 3.27. The molecular formula is C21H33IN4O3. The van der Waals surface area contributed by atoms with Crippen molar-refractivity contribution in [1.82, 2.24) is 15.1 Å². The van der Waals surface area contributed by atoms with Crippen molar-refractivity contribution in [2.75, 3.05) is 53.6 Å². The van der Waals surface area contributed by atoms with E-state index in [2.05, 4.69) is 44.4 Å². The zero-order chi connectivity index (χ0) is 19.8. The van der Waals surface area contributed by atoms with E-state index in [4.69, 9.17) is 9.47 Å². The van der Waals surface area contributed by atoms with Crippen LogP contribution in [0.5, 0.6) is 0 Å². The first-order valence-corrected chi connectivity index (χ1v) is 10.1. The Morgan fingerprint density at radius 3 is 2.34 bits per heavy atom. The van der Waals surface area contributed by atoms with Crippen molar-refractivity contribution >= 4 is 35.9 Å². The number of hydrogen-bond acceptors (Lipinski definition) is 5. The summed E-state index contributed by atoms with van der Waals surface area (Å²) in [5.74, 6) is 0.804. The highest BCUT2D eigenvalue weighted by molar-refractivity contribution is 14.0. The molecule has 0 amide bonds. The zero-order valence-corrected chi connectivity index (χ0v) is 19.8. The van der Waals surface area contributed by atoms with Crippen molar-refractivity contribution in [3.05, 3.63) is 35.4 Å². The second-order valence-electron chi connectivity index (χ2n) is 7.39. The number of halogens is 1. The molecule has 2 aliphatic rings. The normalized spacial score (nSPS) is 18.8. The molecule has 0 aromatic heterocycles. The maximum atomic E-state index is 11.7. The Labute approximate surface area is 190 Å². The van der Waals surface area contributed by atoms with Crippen LogP contribution >= 0.6 is 24.0 Å². The van der Waals surface area contributed by atoms with Gasteiger partial charge in [-0.15, -0.1) is 24.0 Å². The maximum absolute atomic E-state index is 11.7. The van der Waals surface area contributed by atoms with Crippen LogP contribution in [0.3, 0.4) is 0 Å². The van der Waals surface area contributed by atoms with Gasteiger partial charge in [0.2, 0.25) is 0 Å². The molecule has 0 spiro atoms. The summed E-state index contributed by atoms with van der Waals surface area (Å²) in [6.07, 6.45) is 1.62. The molecule has 1 aromatic carbocycles. The van der Waals surface area contributed by atoms with Crippen LogP contribution in [0.1, 0.15) is 24.0 Å². The molecular weight excluding hydrogens is 483 g/mol. The summed E-state index contributed by atoms with van der Waals surface area (Å²) in [6, 6.07) is 8.77. The minimum Gasteiger partial charge on any atom is -0.469 e. The predicted molar refractivity (Wildman–Crippen MR) is 124 cm³/mol. The van der Waals surface area contributed by atoms with Gasteiger partial charge in [-0.25, -0.2) is 0 Å². The van der Waals surface area contributed by atoms with E-state index in [0.29, 0.717) is 0 Å². The van der Waals surface area contributed by atoms with E-state index in [1.165, 1.54) is 18.2 Å². The van der Waals surface area contributed by atoms with Gasteiger partial charge in [-0.3, -0.25) is 14.7 Å². The topological polar surface area (TPSA) is 66.4 Å². The predicted octanol–water partition coefficient (Wildman–Crippen LogP) is 2.10. The first kappa shape index (κ1) is 23.9. The monoisotopic (exact) mass is 516 g/mol. The van der Waals surface area contributed by atoms with Gasteiger partial charge in [0.25, 0.3) is 0 Å². The lowest BCUT2D eigenvalue weighted by atomic mass is 9.97. The molecule has 0 bridgehead atoms. The smallest absolute Gasteiger partial charge is 0.308 e. The number of hydrogen-bond donors (Lipinski definition) is 1. The van der Waals surface area contributed by atoms with E-state index in [1.807, 2.05) is 0 Å². The number of ether oxygens (including phenoxy) is 2. The molecule has 0 aliphatic carbocycles. The second kappa shape index (κ2) is 12.3. The van der Waals surface area contributed by atoms with Crippen LogP contribution in [0, 0.1) is 5.92 Å². The molecule has 0 unspecified atom stereocenters. The highest BCUT2D eigenvalue weighted by Crippen LogP contribution is 2.18. The molecule has 0 atom stereocenters. The number of benzene rings is 1. The molecule has 3 rings (SSSR count). The van der Waals surface area contributed by atoms with Crippen LogP contribution in [0.4, 0.5) is 0 Å². The average Bonchev–Trinajstić information content (AvgIpc) is 2.76. The first-order chi connectivity index (χ1) is 13.7. The minimum atomic E-state index is -0.0974. The Bertz CT molecular complexity index is 654. The number of nitrogens with one attached hydrogen (secondary N) is 1. The molecule has 1 N–H and O–H groups in total. The summed E-state index contributed by atoms with van der Waals surface area (Å²) in [6.45, 7) is 7.03. The van der Waals surface area contributed by atoms with Crippen LogP contribution in [-0.4, -0.2) is 75.3 Å². The van der Waals surface area contributed by atoms with E-state index in [0.717, 1.165) is 71.3 Å². The largest absolute Gasteiger partial charge is 0.469 e. The van der Waals surface area contributed by atoms with Gasteiger partial charge in [0, 0.05) is 46.3 Å². The Morgan fingerprint density at radius 2 is 1.76 bits per heavy atom. The number of guanidine groups is 1. The molecule has 2 saturated heterocycles. The number of nitrogens with zero attached hydrogens (tertiary/aromatic N) is 3. The fourth-order valence-corrected chi connectivity index (χ4v) is 3.79. The van der Waals surface area contributed by atoms with Crippen LogP contribution < -0.4 is 5.32 Å². The molecule has 8 heteroatoms. The van der Waals surface area contributed by atoms with Gasteiger partial charge >= 0.3 is 5.97 Å². The molecule has 2 aliphatic heterocycles. The van der Waals surface area contributed by atoms with Gasteiger partial charge < -0.3 is 19.7 Å². The quantitative estimate of drug-likeness (QED) is 0.280. The van der Waals surface area contributed by atoms with Crippen molar-refractivity contribution in [2.45, 2.75) is 25.9 Å². The van der Waals surface area contributed by atoms with Crippen LogP contribution in [0.25, 0.3) is 0 Å². The maximum Gasteiger partial charge on any atom is 0.308 e. The summed E-state index contributed by atoms with van der Waals surface area (Å²) in [4.78, 5) is 20.7. The third-order valence-corrected chi connectivity index (χ3v) is 5.52. The Kier molecular flexibility index (Phi) is 10.2. The number of piperidine rings is 1. The van der Waals surface area contributed by atoms with Gasteiger partial charge in [-0.1, -0.05) is 24.3 Å². The van der Waals surface area contributed by atoms with Gasteiger partial charge in [-0.2, -0.15) is 0 Å². The van der Waals surface area contributed by atoms with E-state index in [1.54, 1.807) is 7.05 Å². The fraction of sp³-hybridized carbons (Fsp3) is 0.619. The minimum absolute atomic E-state index is 0. The molecule has 0 radical (unpaired) electrons. The van der Waals surface area contributed by atoms with E-state index >= 15 is 0 Å². The molecule has 1 aromatic rings. The van der Waals surface area contributed by atoms with Crippen LogP contribution in [0.15, 0.2) is 29.3 Å². The van der Waals surface area contributed by atoms with Crippen molar-refractivity contribution in [3.8, 4) is 0 Å². The Morgan fingerprint density at radius 1 is 1.14 bits per heavy atom. The SMILES string of the molecule is CN=C(NCc1ccc(CN2CCOCC2)cc1)N1CCC(C(=O)OC)CC1.I. The molecule has 0 saturated carbocycles. The Balaban J connectivity index is 0.00000300. The standard InChI is InChI=1S/C21H32N4O3.HI/c1-22-21(25-9-7-19(8-10-25)20(26)27-2)23-15-17-3-5-18(6-4-17)16-24-11-13-28-14-12-24;/h3-6,19H,7-16H2,1-2H3,(H,22,23);1H. The van der Waals surface area contributed by atoms with E-state index < -0.39 is 0 Å². The van der Waals surface area contributed by atoms with E-state index in [-0.39, 0.29) is 35.9 Å². The third kappa shape index (κ3) is 7.11. The summed E-state index contributed by atoms with van der Waals surface area (Å²) >= 11 is 0. The van der Waals surface area contributed by atoms with E-state index in [9.17, 15) is 4.79 Å². The number of rotatable bonds is 5. The van der Waals surface area contributed by atoms with Gasteiger partial charge in [0.15, 0.2) is 5.96 Å². The average molecular weight is 516 g/mol. The highest BCUT2D eigenvalue weighted by Gasteiger charge is 2.26. The third-order valence-electron chi connectivity index (χ3n) is 5.52. The van der Waals surface area contributed by atoms with Gasteiger partial charge in [0.05, 0.1) is 26.2 Å². The fourth-order valence-electron chi connectivity index (χ4n) is 3.79. The number of aliphatic imine (C=N–C) groups is 1. The lowest BCUT2D eigenvalue weighted by Crippen LogP contribution is -2.46. The second-order valence-corrected chi connectivity index (χ2v) is 7.39. The van der Waals surface area contributed by atoms with Crippen molar-refractivity contribution in [3.63, 3.8) is 0 Å². The molecule has 162 valence electrons. The van der Waals surface area contributed by atoms with Crippen LogP contribution in [0.2, 0.25) is 0 Å².